The Morgan fingerprint density at radius 1 is 0.903 bits per heavy atom. The lowest BCUT2D eigenvalue weighted by Gasteiger charge is -2.17. The van der Waals surface area contributed by atoms with Crippen LogP contribution in [-0.2, 0) is 0 Å². The molecule has 0 atom stereocenters. The van der Waals surface area contributed by atoms with Gasteiger partial charge in [-0.2, -0.15) is 5.10 Å². The lowest BCUT2D eigenvalue weighted by Crippen LogP contribution is -2.22. The van der Waals surface area contributed by atoms with Gasteiger partial charge in [0.1, 0.15) is 0 Å². The number of benzene rings is 2. The van der Waals surface area contributed by atoms with E-state index in [4.69, 9.17) is 11.5 Å². The molecule has 1 fully saturated rings. The number of allylic oxidation sites excluding steroid dienone is 1. The van der Waals surface area contributed by atoms with Crippen molar-refractivity contribution in [2.45, 2.75) is 39.0 Å². The number of carbonyl (C=O) groups excluding carboxylic acids is 1. The summed E-state index contributed by atoms with van der Waals surface area (Å²) in [5, 5.41) is 13.2. The first kappa shape index (κ1) is 22.1. The number of nitrogens with zero attached hydrogens (tertiary/aromatic N) is 2. The molecule has 162 valence electrons. The number of nitrogens with two attached hydrogens (primary N) is 2. The lowest BCUT2D eigenvalue weighted by atomic mass is 9.89. The summed E-state index contributed by atoms with van der Waals surface area (Å²) >= 11 is 0. The van der Waals surface area contributed by atoms with Gasteiger partial charge in [0.05, 0.1) is 5.71 Å². The van der Waals surface area contributed by atoms with Gasteiger partial charge in [-0.1, -0.05) is 55.7 Å². The molecule has 2 amide bonds. The fourth-order valence-corrected chi connectivity index (χ4v) is 3.53. The molecule has 7 heteroatoms. The van der Waals surface area contributed by atoms with Crippen LogP contribution in [0.1, 0.15) is 50.2 Å². The molecule has 1 aliphatic carbocycles. The van der Waals surface area contributed by atoms with Crippen molar-refractivity contribution in [3.63, 3.8) is 0 Å². The van der Waals surface area contributed by atoms with Gasteiger partial charge in [0.15, 0.2) is 0 Å². The number of guanidine groups is 1. The maximum absolute atomic E-state index is 12.3. The average Bonchev–Trinajstić information content (AvgIpc) is 2.78. The van der Waals surface area contributed by atoms with E-state index in [-0.39, 0.29) is 12.0 Å². The highest BCUT2D eigenvalue weighted by molar-refractivity contribution is 6.01. The zero-order valence-corrected chi connectivity index (χ0v) is 17.8. The predicted octanol–water partition coefficient (Wildman–Crippen LogP) is 4.92. The molecule has 0 spiro atoms. The number of carbonyl (C=O) groups is 1. The highest BCUT2D eigenvalue weighted by atomic mass is 16.2. The molecule has 0 bridgehead atoms. The van der Waals surface area contributed by atoms with Crippen LogP contribution in [0.15, 0.2) is 64.8 Å². The van der Waals surface area contributed by atoms with Crippen LogP contribution in [0.25, 0.3) is 6.08 Å². The van der Waals surface area contributed by atoms with Crippen molar-refractivity contribution in [3.8, 4) is 0 Å². The SMILES string of the molecule is C/C(=N\N=C(N)N)c1ccc(NC(=O)Nc2ccc(/C=C/C3CCCCC3)cc2)cc1. The van der Waals surface area contributed by atoms with Crippen molar-refractivity contribution in [3.05, 3.63) is 65.7 Å². The van der Waals surface area contributed by atoms with E-state index in [1.165, 1.54) is 32.1 Å². The lowest BCUT2D eigenvalue weighted by molar-refractivity contribution is 0.262. The third-order valence-corrected chi connectivity index (χ3v) is 5.26. The first-order valence-electron chi connectivity index (χ1n) is 10.6. The number of anilines is 2. The largest absolute Gasteiger partial charge is 0.369 e. The van der Waals surface area contributed by atoms with Crippen molar-refractivity contribution in [2.75, 3.05) is 10.6 Å². The fraction of sp³-hybridized carbons (Fsp3) is 0.292. The van der Waals surface area contributed by atoms with Crippen molar-refractivity contribution >= 4 is 35.2 Å². The van der Waals surface area contributed by atoms with E-state index in [1.54, 1.807) is 19.1 Å². The van der Waals surface area contributed by atoms with Gasteiger partial charge >= 0.3 is 6.03 Å². The van der Waals surface area contributed by atoms with Crippen molar-refractivity contribution in [1.82, 2.24) is 0 Å². The molecule has 0 saturated heterocycles. The van der Waals surface area contributed by atoms with Gasteiger partial charge in [-0.25, -0.2) is 4.79 Å². The maximum Gasteiger partial charge on any atom is 0.323 e. The third-order valence-electron chi connectivity index (χ3n) is 5.26. The molecule has 0 aromatic heterocycles. The van der Waals surface area contributed by atoms with Crippen molar-refractivity contribution < 1.29 is 4.79 Å². The zero-order valence-electron chi connectivity index (χ0n) is 17.8. The van der Waals surface area contributed by atoms with E-state index < -0.39 is 0 Å². The van der Waals surface area contributed by atoms with Gasteiger partial charge in [0, 0.05) is 11.4 Å². The van der Waals surface area contributed by atoms with Crippen LogP contribution in [0.4, 0.5) is 16.2 Å². The number of rotatable bonds is 6. The van der Waals surface area contributed by atoms with Gasteiger partial charge in [-0.3, -0.25) is 0 Å². The second-order valence-corrected chi connectivity index (χ2v) is 7.75. The molecule has 31 heavy (non-hydrogen) atoms. The highest BCUT2D eigenvalue weighted by Crippen LogP contribution is 2.25. The number of amides is 2. The summed E-state index contributed by atoms with van der Waals surface area (Å²) < 4.78 is 0. The minimum atomic E-state index is -0.302. The molecule has 0 heterocycles. The maximum atomic E-state index is 12.3. The number of nitrogens with one attached hydrogen (secondary N) is 2. The van der Waals surface area contributed by atoms with E-state index in [0.29, 0.717) is 17.3 Å². The summed E-state index contributed by atoms with van der Waals surface area (Å²) in [6, 6.07) is 14.8. The number of urea groups is 1. The van der Waals surface area contributed by atoms with E-state index in [9.17, 15) is 4.79 Å². The second kappa shape index (κ2) is 11.0. The van der Waals surface area contributed by atoms with E-state index >= 15 is 0 Å². The Balaban J connectivity index is 1.51. The zero-order chi connectivity index (χ0) is 22.1. The van der Waals surface area contributed by atoms with Gasteiger partial charge in [-0.05, 0) is 61.1 Å². The summed E-state index contributed by atoms with van der Waals surface area (Å²) in [6.45, 7) is 1.80. The van der Waals surface area contributed by atoms with Crippen LogP contribution in [-0.4, -0.2) is 17.7 Å². The van der Waals surface area contributed by atoms with Crippen molar-refractivity contribution in [2.24, 2.45) is 27.6 Å². The molecule has 3 rings (SSSR count). The smallest absolute Gasteiger partial charge is 0.323 e. The quantitative estimate of drug-likeness (QED) is 0.303. The summed E-state index contributed by atoms with van der Waals surface area (Å²) in [7, 11) is 0. The molecule has 0 unspecified atom stereocenters. The van der Waals surface area contributed by atoms with Gasteiger partial charge in [0.2, 0.25) is 5.96 Å². The first-order chi connectivity index (χ1) is 15.0. The molecule has 0 aliphatic heterocycles. The van der Waals surface area contributed by atoms with E-state index in [2.05, 4.69) is 33.0 Å². The van der Waals surface area contributed by atoms with Crippen molar-refractivity contribution in [1.29, 1.82) is 0 Å². The number of hydrogen-bond donors (Lipinski definition) is 4. The Hall–Kier alpha value is -3.61. The van der Waals surface area contributed by atoms with E-state index in [0.717, 1.165) is 16.8 Å². The Labute approximate surface area is 183 Å². The third kappa shape index (κ3) is 7.29. The van der Waals surface area contributed by atoms with Crippen LogP contribution in [0.3, 0.4) is 0 Å². The number of hydrogen-bond acceptors (Lipinski definition) is 3. The Kier molecular flexibility index (Phi) is 7.81. The van der Waals surface area contributed by atoms with Gasteiger partial charge in [-0.15, -0.1) is 5.10 Å². The van der Waals surface area contributed by atoms with Crippen LogP contribution in [0, 0.1) is 5.92 Å². The molecule has 0 radical (unpaired) electrons. The van der Waals surface area contributed by atoms with Gasteiger partial charge in [0.25, 0.3) is 0 Å². The summed E-state index contributed by atoms with van der Waals surface area (Å²) in [5.41, 5.74) is 14.6. The molecular formula is C24H30N6O. The minimum absolute atomic E-state index is 0.0948. The summed E-state index contributed by atoms with van der Waals surface area (Å²) in [4.78, 5) is 12.3. The van der Waals surface area contributed by atoms with Crippen LogP contribution < -0.4 is 22.1 Å². The molecule has 2 aromatic carbocycles. The Bertz CT molecular complexity index is 951. The predicted molar refractivity (Wildman–Crippen MR) is 129 cm³/mol. The molecule has 2 aromatic rings. The van der Waals surface area contributed by atoms with Crippen LogP contribution in [0.5, 0.6) is 0 Å². The normalized spacial score (nSPS) is 14.9. The highest BCUT2D eigenvalue weighted by Gasteiger charge is 2.09. The van der Waals surface area contributed by atoms with Gasteiger partial charge < -0.3 is 22.1 Å². The Morgan fingerprint density at radius 3 is 2.06 bits per heavy atom. The van der Waals surface area contributed by atoms with Crippen LogP contribution >= 0.6 is 0 Å². The second-order valence-electron chi connectivity index (χ2n) is 7.75. The average molecular weight is 419 g/mol. The molecule has 1 aliphatic rings. The molecule has 1 saturated carbocycles. The monoisotopic (exact) mass is 418 g/mol. The fourth-order valence-electron chi connectivity index (χ4n) is 3.53. The Morgan fingerprint density at radius 2 is 1.48 bits per heavy atom. The first-order valence-corrected chi connectivity index (χ1v) is 10.6. The summed E-state index contributed by atoms with van der Waals surface area (Å²) in [6.07, 6.45) is 11.1. The van der Waals surface area contributed by atoms with E-state index in [1.807, 2.05) is 36.4 Å². The standard InChI is InChI=1S/C24H30N6O/c1-17(29-30-23(25)26)20-11-15-22(16-12-20)28-24(31)27-21-13-9-19(10-14-21)8-7-18-5-3-2-4-6-18/h7-16,18H,2-6H2,1H3,(H4,25,26,30)(H2,27,28,31)/b8-7+,29-17+. The van der Waals surface area contributed by atoms with Crippen LogP contribution in [0.2, 0.25) is 0 Å². The molecular weight excluding hydrogens is 388 g/mol. The molecule has 6 N–H and O–H groups in total. The summed E-state index contributed by atoms with van der Waals surface area (Å²) in [5.74, 6) is 0.605. The topological polar surface area (TPSA) is 118 Å². The minimum Gasteiger partial charge on any atom is -0.369 e. The molecule has 7 nitrogen and oxygen atoms in total.